The molecule has 1 aromatic rings. The topological polar surface area (TPSA) is 234 Å². The number of aliphatic carboxylic acids is 2. The van der Waals surface area contributed by atoms with Crippen molar-refractivity contribution in [3.8, 4) is 0 Å². The third kappa shape index (κ3) is 8.33. The number of hydrogen-bond donors (Lipinski definition) is 7. The van der Waals surface area contributed by atoms with E-state index in [2.05, 4.69) is 20.6 Å². The Morgan fingerprint density at radius 2 is 1.91 bits per heavy atom. The molecule has 2 rings (SSSR count). The van der Waals surface area contributed by atoms with Crippen molar-refractivity contribution in [2.24, 2.45) is 11.5 Å². The lowest BCUT2D eigenvalue weighted by atomic mass is 10.1. The number of aromatic nitrogens is 2. The summed E-state index contributed by atoms with van der Waals surface area (Å²) in [5, 5.41) is 23.4. The lowest BCUT2D eigenvalue weighted by Crippen LogP contribution is -2.57. The third-order valence-corrected chi connectivity index (χ3v) is 5.72. The number of imidazole rings is 1. The lowest BCUT2D eigenvalue weighted by molar-refractivity contribution is -0.145. The summed E-state index contributed by atoms with van der Waals surface area (Å²) in [6, 6.07) is -4.50. The molecular formula is C21H33N7O7. The molecular weight excluding hydrogens is 462 g/mol. The maximum absolute atomic E-state index is 13.3. The molecule has 0 spiro atoms. The van der Waals surface area contributed by atoms with Crippen LogP contribution in [0, 0.1) is 0 Å². The average molecular weight is 496 g/mol. The molecule has 0 aromatic carbocycles. The molecule has 3 amide bonds. The van der Waals surface area contributed by atoms with Gasteiger partial charge in [-0.2, -0.15) is 0 Å². The summed E-state index contributed by atoms with van der Waals surface area (Å²) >= 11 is 0. The Labute approximate surface area is 201 Å². The van der Waals surface area contributed by atoms with Gasteiger partial charge in [-0.25, -0.2) is 9.78 Å². The highest BCUT2D eigenvalue weighted by Gasteiger charge is 2.39. The first kappa shape index (κ1) is 27.7. The molecule has 9 N–H and O–H groups in total. The van der Waals surface area contributed by atoms with E-state index in [1.807, 2.05) is 0 Å². The van der Waals surface area contributed by atoms with Crippen LogP contribution in [0.25, 0.3) is 0 Å². The second-order valence-electron chi connectivity index (χ2n) is 8.42. The quantitative estimate of drug-likeness (QED) is 0.139. The lowest BCUT2D eigenvalue weighted by Gasteiger charge is -2.30. The SMILES string of the molecule is NCCCCC(NC(=O)C(N)CC(=O)O)C(=O)N1CCCC1C(=O)NC(Cc1cnc[nH]1)C(=O)O. The van der Waals surface area contributed by atoms with Crippen LogP contribution in [0.5, 0.6) is 0 Å². The number of nitrogens with two attached hydrogens (primary N) is 2. The number of hydrogen-bond acceptors (Lipinski definition) is 8. The van der Waals surface area contributed by atoms with Crippen molar-refractivity contribution in [3.63, 3.8) is 0 Å². The Morgan fingerprint density at radius 1 is 1.17 bits per heavy atom. The van der Waals surface area contributed by atoms with Crippen LogP contribution in [0.3, 0.4) is 0 Å². The largest absolute Gasteiger partial charge is 0.481 e. The van der Waals surface area contributed by atoms with Crippen LogP contribution in [-0.2, 0) is 30.4 Å². The summed E-state index contributed by atoms with van der Waals surface area (Å²) in [5.74, 6) is -4.40. The van der Waals surface area contributed by atoms with Crippen molar-refractivity contribution < 1.29 is 34.2 Å². The van der Waals surface area contributed by atoms with E-state index >= 15 is 0 Å². The van der Waals surface area contributed by atoms with Crippen LogP contribution in [0.2, 0.25) is 0 Å². The van der Waals surface area contributed by atoms with Crippen LogP contribution < -0.4 is 22.1 Å². The molecule has 0 radical (unpaired) electrons. The van der Waals surface area contributed by atoms with E-state index in [-0.39, 0.29) is 19.4 Å². The van der Waals surface area contributed by atoms with Crippen LogP contribution in [0.1, 0.15) is 44.2 Å². The maximum atomic E-state index is 13.3. The highest BCUT2D eigenvalue weighted by atomic mass is 16.4. The Morgan fingerprint density at radius 3 is 2.51 bits per heavy atom. The number of carboxylic acids is 2. The molecule has 0 bridgehead atoms. The van der Waals surface area contributed by atoms with Crippen molar-refractivity contribution in [2.75, 3.05) is 13.1 Å². The van der Waals surface area contributed by atoms with E-state index < -0.39 is 60.2 Å². The molecule has 2 heterocycles. The van der Waals surface area contributed by atoms with E-state index in [9.17, 15) is 29.1 Å². The molecule has 0 aliphatic carbocycles. The summed E-state index contributed by atoms with van der Waals surface area (Å²) in [6.45, 7) is 0.634. The van der Waals surface area contributed by atoms with Gasteiger partial charge in [0.25, 0.3) is 0 Å². The molecule has 1 aromatic heterocycles. The molecule has 14 nitrogen and oxygen atoms in total. The minimum Gasteiger partial charge on any atom is -0.481 e. The standard InChI is InChI=1S/C21H33N7O7/c22-6-2-1-4-14(26-18(31)13(23)9-17(29)30)20(33)28-7-3-5-16(28)19(32)27-15(21(34)35)8-12-10-24-11-25-12/h10-11,13-16H,1-9,22-23H2,(H,24,25)(H,26,31)(H,27,32)(H,29,30)(H,34,35). The average Bonchev–Trinajstić information content (AvgIpc) is 3.49. The Bertz CT molecular complexity index is 893. The first-order chi connectivity index (χ1) is 16.6. The Balaban J connectivity index is 2.10. The summed E-state index contributed by atoms with van der Waals surface area (Å²) in [4.78, 5) is 69.1. The highest BCUT2D eigenvalue weighted by molar-refractivity contribution is 5.95. The predicted octanol–water partition coefficient (Wildman–Crippen LogP) is -2.07. The van der Waals surface area contributed by atoms with E-state index in [4.69, 9.17) is 16.6 Å². The maximum Gasteiger partial charge on any atom is 0.326 e. The van der Waals surface area contributed by atoms with Gasteiger partial charge < -0.3 is 42.2 Å². The molecule has 1 saturated heterocycles. The van der Waals surface area contributed by atoms with Crippen molar-refractivity contribution in [3.05, 3.63) is 18.2 Å². The van der Waals surface area contributed by atoms with Gasteiger partial charge in [0.05, 0.1) is 18.8 Å². The van der Waals surface area contributed by atoms with Gasteiger partial charge in [-0.1, -0.05) is 0 Å². The monoisotopic (exact) mass is 495 g/mol. The number of rotatable bonds is 14. The molecule has 14 heteroatoms. The number of likely N-dealkylation sites (tertiary alicyclic amines) is 1. The molecule has 194 valence electrons. The first-order valence-electron chi connectivity index (χ1n) is 11.4. The van der Waals surface area contributed by atoms with E-state index in [0.29, 0.717) is 37.9 Å². The minimum absolute atomic E-state index is 0.0129. The van der Waals surface area contributed by atoms with Crippen molar-refractivity contribution in [1.29, 1.82) is 0 Å². The van der Waals surface area contributed by atoms with Crippen LogP contribution in [0.15, 0.2) is 12.5 Å². The number of amides is 3. The smallest absolute Gasteiger partial charge is 0.326 e. The number of nitrogens with zero attached hydrogens (tertiary/aromatic N) is 2. The first-order valence-corrected chi connectivity index (χ1v) is 11.4. The predicted molar refractivity (Wildman–Crippen MR) is 122 cm³/mol. The Hall–Kier alpha value is -3.52. The fourth-order valence-electron chi connectivity index (χ4n) is 3.90. The minimum atomic E-state index is -1.34. The van der Waals surface area contributed by atoms with Crippen molar-refractivity contribution >= 4 is 29.7 Å². The number of carbonyl (C=O) groups excluding carboxylic acids is 3. The van der Waals surface area contributed by atoms with Gasteiger partial charge in [0.2, 0.25) is 17.7 Å². The van der Waals surface area contributed by atoms with Gasteiger partial charge in [-0.15, -0.1) is 0 Å². The van der Waals surface area contributed by atoms with Crippen LogP contribution >= 0.6 is 0 Å². The highest BCUT2D eigenvalue weighted by Crippen LogP contribution is 2.20. The molecule has 4 atom stereocenters. The summed E-state index contributed by atoms with van der Waals surface area (Å²) in [6.07, 6.45) is 4.42. The van der Waals surface area contributed by atoms with E-state index in [1.54, 1.807) is 0 Å². The number of H-pyrrole nitrogens is 1. The van der Waals surface area contributed by atoms with Gasteiger partial charge >= 0.3 is 11.9 Å². The van der Waals surface area contributed by atoms with Gasteiger partial charge in [0.1, 0.15) is 18.1 Å². The zero-order chi connectivity index (χ0) is 26.0. The fourth-order valence-corrected chi connectivity index (χ4v) is 3.90. The second kappa shape index (κ2) is 13.4. The van der Waals surface area contributed by atoms with Crippen molar-refractivity contribution in [2.45, 2.75) is 69.1 Å². The second-order valence-corrected chi connectivity index (χ2v) is 8.42. The van der Waals surface area contributed by atoms with Gasteiger partial charge in [0.15, 0.2) is 0 Å². The molecule has 1 aliphatic rings. The molecule has 0 saturated carbocycles. The molecule has 1 fully saturated rings. The third-order valence-electron chi connectivity index (χ3n) is 5.72. The molecule has 1 aliphatic heterocycles. The molecule has 35 heavy (non-hydrogen) atoms. The summed E-state index contributed by atoms with van der Waals surface area (Å²) in [5.41, 5.74) is 11.7. The number of carboxylic acid groups (broad SMARTS) is 2. The fraction of sp³-hybridized carbons (Fsp3) is 0.619. The zero-order valence-electron chi connectivity index (χ0n) is 19.3. The number of nitrogens with one attached hydrogen (secondary N) is 3. The molecule has 4 unspecified atom stereocenters. The van der Waals surface area contributed by atoms with E-state index in [0.717, 1.165) is 0 Å². The summed E-state index contributed by atoms with van der Waals surface area (Å²) in [7, 11) is 0. The zero-order valence-corrected chi connectivity index (χ0v) is 19.3. The van der Waals surface area contributed by atoms with E-state index in [1.165, 1.54) is 17.4 Å². The van der Waals surface area contributed by atoms with Crippen LogP contribution in [0.4, 0.5) is 0 Å². The normalized spacial score (nSPS) is 17.9. The number of aromatic amines is 1. The number of unbranched alkanes of at least 4 members (excludes halogenated alkanes) is 1. The number of carbonyl (C=O) groups is 5. The van der Waals surface area contributed by atoms with Gasteiger partial charge in [0, 0.05) is 24.9 Å². The summed E-state index contributed by atoms with van der Waals surface area (Å²) < 4.78 is 0. The van der Waals surface area contributed by atoms with Crippen LogP contribution in [-0.4, -0.2) is 92.0 Å². The Kier molecular flexibility index (Phi) is 10.6. The van der Waals surface area contributed by atoms with Gasteiger partial charge in [-0.3, -0.25) is 19.2 Å². The van der Waals surface area contributed by atoms with Crippen molar-refractivity contribution in [1.82, 2.24) is 25.5 Å². The van der Waals surface area contributed by atoms with Gasteiger partial charge in [-0.05, 0) is 38.6 Å².